The van der Waals surface area contributed by atoms with Crippen molar-refractivity contribution in [2.75, 3.05) is 5.09 Å². The Morgan fingerprint density at radius 1 is 1.12 bits per heavy atom. The molecule has 1 aromatic rings. The number of rotatable bonds is 4. The quantitative estimate of drug-likeness (QED) is 0.531. The third-order valence-corrected chi connectivity index (χ3v) is 5.18. The van der Waals surface area contributed by atoms with Crippen LogP contribution in [0.2, 0.25) is 0 Å². The van der Waals surface area contributed by atoms with Gasteiger partial charge >= 0.3 is 0 Å². The summed E-state index contributed by atoms with van der Waals surface area (Å²) in [6, 6.07) is 7.35. The second kappa shape index (κ2) is 5.44. The van der Waals surface area contributed by atoms with Crippen molar-refractivity contribution in [2.45, 2.75) is 4.90 Å². The second-order valence-corrected chi connectivity index (χ2v) is 13.4. The average molecular weight is 313 g/mol. The van der Waals surface area contributed by atoms with E-state index < -0.39 is 12.0 Å². The predicted octanol–water partition coefficient (Wildman–Crippen LogP) is 1.47. The van der Waals surface area contributed by atoms with E-state index in [2.05, 4.69) is 5.09 Å². The van der Waals surface area contributed by atoms with E-state index in [4.69, 9.17) is 45.6 Å². The molecule has 16 heavy (non-hydrogen) atoms. The number of hydrogen-bond donors (Lipinski definition) is 5. The minimum Gasteiger partial charge on any atom is -0.335 e. The zero-order valence-corrected chi connectivity index (χ0v) is 12.5. The molecule has 0 atom stereocenters. The van der Waals surface area contributed by atoms with E-state index in [1.54, 1.807) is 0 Å². The van der Waals surface area contributed by atoms with Crippen LogP contribution in [0.5, 0.6) is 0 Å². The predicted molar refractivity (Wildman–Crippen MR) is 81.2 cm³/mol. The van der Waals surface area contributed by atoms with Crippen LogP contribution in [0.15, 0.2) is 29.2 Å². The first-order chi connectivity index (χ1) is 7.16. The molecule has 0 saturated heterocycles. The van der Waals surface area contributed by atoms with E-state index in [0.29, 0.717) is 0 Å². The largest absolute Gasteiger partial charge is 0.335 e. The Balaban J connectivity index is 2.88. The topological polar surface area (TPSA) is 116 Å². The normalized spacial score (nSPS) is 12.5. The first kappa shape index (κ1) is 14.6. The highest BCUT2D eigenvalue weighted by Crippen LogP contribution is 2.49. The molecule has 1 rings (SSSR count). The molecule has 0 amide bonds. The Hall–Kier alpha value is 0.510. The van der Waals surface area contributed by atoms with Gasteiger partial charge in [-0.15, -0.1) is 0 Å². The van der Waals surface area contributed by atoms with Crippen LogP contribution < -0.4 is 27.1 Å². The Bertz CT molecular complexity index is 428. The van der Waals surface area contributed by atoms with E-state index in [-0.39, 0.29) is 0 Å². The minimum absolute atomic E-state index is 0.752. The molecule has 0 bridgehead atoms. The standard InChI is InChI=1S/C6H13N5P2S3/c7-12(8,14)11-5-2-1-3-6(4-5)16-13(9,10)15/h1-4H,(H4,9,10,15)(H5,7,8,11,14). The van der Waals surface area contributed by atoms with Crippen molar-refractivity contribution >= 4 is 52.7 Å². The lowest BCUT2D eigenvalue weighted by Gasteiger charge is -2.15. The van der Waals surface area contributed by atoms with Crippen LogP contribution in [-0.2, 0) is 23.6 Å². The summed E-state index contributed by atoms with van der Waals surface area (Å²) in [6.45, 7) is -2.46. The van der Waals surface area contributed by atoms with Gasteiger partial charge in [-0.05, 0) is 30.0 Å². The van der Waals surface area contributed by atoms with Gasteiger partial charge in [0.1, 0.15) is 5.54 Å². The molecule has 0 spiro atoms. The maximum absolute atomic E-state index is 5.63. The number of hydrogen-bond acceptors (Lipinski definition) is 3. The van der Waals surface area contributed by atoms with Crippen LogP contribution in [0, 0.1) is 0 Å². The van der Waals surface area contributed by atoms with Crippen LogP contribution in [0.1, 0.15) is 0 Å². The van der Waals surface area contributed by atoms with Crippen molar-refractivity contribution in [3.05, 3.63) is 24.3 Å². The lowest BCUT2D eigenvalue weighted by molar-refractivity contribution is 1.47. The number of benzene rings is 1. The Morgan fingerprint density at radius 2 is 1.75 bits per heavy atom. The van der Waals surface area contributed by atoms with Gasteiger partial charge in [0.2, 0.25) is 0 Å². The van der Waals surface area contributed by atoms with Gasteiger partial charge in [0.15, 0.2) is 6.49 Å². The fraction of sp³-hybridized carbons (Fsp3) is 0. The van der Waals surface area contributed by atoms with Crippen molar-refractivity contribution in [1.82, 2.24) is 0 Å². The molecular weight excluding hydrogens is 300 g/mol. The van der Waals surface area contributed by atoms with Crippen LogP contribution in [0.25, 0.3) is 0 Å². The van der Waals surface area contributed by atoms with Gasteiger partial charge in [-0.2, -0.15) is 0 Å². The van der Waals surface area contributed by atoms with Gasteiger partial charge in [0, 0.05) is 10.6 Å². The highest BCUT2D eigenvalue weighted by molar-refractivity contribution is 8.69. The van der Waals surface area contributed by atoms with Crippen molar-refractivity contribution in [1.29, 1.82) is 0 Å². The van der Waals surface area contributed by atoms with Gasteiger partial charge in [-0.25, -0.2) is 0 Å². The Morgan fingerprint density at radius 3 is 2.25 bits per heavy atom. The summed E-state index contributed by atoms with van der Waals surface area (Å²) in [6.07, 6.45) is 0. The summed E-state index contributed by atoms with van der Waals surface area (Å²) in [4.78, 5) is 0.877. The molecule has 0 aliphatic heterocycles. The molecular formula is C6H13N5P2S3. The third-order valence-electron chi connectivity index (χ3n) is 1.39. The molecule has 10 heteroatoms. The maximum atomic E-state index is 5.63. The molecule has 9 N–H and O–H groups in total. The summed E-state index contributed by atoms with van der Waals surface area (Å²) < 4.78 is 0. The van der Waals surface area contributed by atoms with Crippen LogP contribution in [0.4, 0.5) is 5.69 Å². The van der Waals surface area contributed by atoms with Crippen LogP contribution in [0.3, 0.4) is 0 Å². The molecule has 1 aromatic carbocycles. The summed E-state index contributed by atoms with van der Waals surface area (Å²) in [5, 5.41) is 2.87. The lowest BCUT2D eigenvalue weighted by Crippen LogP contribution is -2.12. The molecule has 0 fully saturated rings. The summed E-state index contributed by atoms with van der Waals surface area (Å²) >= 11 is 11.2. The smallest absolute Gasteiger partial charge is 0.156 e. The van der Waals surface area contributed by atoms with Gasteiger partial charge < -0.3 is 5.09 Å². The number of nitrogens with two attached hydrogens (primary N) is 4. The van der Waals surface area contributed by atoms with E-state index in [9.17, 15) is 0 Å². The van der Waals surface area contributed by atoms with Crippen LogP contribution >= 0.6 is 23.4 Å². The second-order valence-electron chi connectivity index (χ2n) is 3.09. The Kier molecular flexibility index (Phi) is 4.95. The van der Waals surface area contributed by atoms with Crippen LogP contribution in [-0.4, -0.2) is 0 Å². The summed E-state index contributed by atoms with van der Waals surface area (Å²) in [5.74, 6) is 0. The maximum Gasteiger partial charge on any atom is 0.156 e. The highest BCUT2D eigenvalue weighted by Gasteiger charge is 2.08. The summed E-state index contributed by atoms with van der Waals surface area (Å²) in [7, 11) is 0. The zero-order chi connectivity index (χ0) is 12.4. The highest BCUT2D eigenvalue weighted by atomic mass is 32.9. The monoisotopic (exact) mass is 313 g/mol. The molecule has 0 saturated carbocycles. The number of anilines is 1. The fourth-order valence-corrected chi connectivity index (χ4v) is 4.60. The van der Waals surface area contributed by atoms with Gasteiger partial charge in [-0.3, -0.25) is 22.0 Å². The fourth-order valence-electron chi connectivity index (χ4n) is 0.989. The SMILES string of the molecule is NP(N)(=S)Nc1cccc(SP(N)(N)=S)c1. The molecule has 0 aliphatic carbocycles. The average Bonchev–Trinajstić information content (AvgIpc) is 1.96. The van der Waals surface area contributed by atoms with Gasteiger partial charge in [-0.1, -0.05) is 29.3 Å². The lowest BCUT2D eigenvalue weighted by atomic mass is 10.3. The molecule has 90 valence electrons. The first-order valence-corrected chi connectivity index (χ1v) is 11.4. The molecule has 0 heterocycles. The van der Waals surface area contributed by atoms with E-state index in [0.717, 1.165) is 10.6 Å². The first-order valence-electron chi connectivity index (χ1n) is 4.08. The van der Waals surface area contributed by atoms with Gasteiger partial charge in [0.05, 0.1) is 0 Å². The van der Waals surface area contributed by atoms with E-state index in [1.165, 1.54) is 11.4 Å². The zero-order valence-electron chi connectivity index (χ0n) is 8.24. The van der Waals surface area contributed by atoms with Crippen molar-refractivity contribution in [2.24, 2.45) is 22.0 Å². The molecule has 0 radical (unpaired) electrons. The van der Waals surface area contributed by atoms with Crippen molar-refractivity contribution in [3.63, 3.8) is 0 Å². The van der Waals surface area contributed by atoms with Crippen molar-refractivity contribution < 1.29 is 0 Å². The molecule has 0 aliphatic rings. The number of nitrogens with one attached hydrogen (secondary N) is 1. The molecule has 5 nitrogen and oxygen atoms in total. The van der Waals surface area contributed by atoms with Crippen molar-refractivity contribution in [3.8, 4) is 0 Å². The summed E-state index contributed by atoms with van der Waals surface area (Å²) in [5.41, 5.74) is 20.8. The Labute approximate surface area is 109 Å². The van der Waals surface area contributed by atoms with E-state index in [1.807, 2.05) is 24.3 Å². The van der Waals surface area contributed by atoms with Gasteiger partial charge in [0.25, 0.3) is 0 Å². The molecule has 0 aromatic heterocycles. The minimum atomic E-state index is -2.46. The molecule has 0 unspecified atom stereocenters. The third kappa shape index (κ3) is 6.30. The van der Waals surface area contributed by atoms with E-state index >= 15 is 0 Å².